The molecule has 9 heteroatoms. The van der Waals surface area contributed by atoms with E-state index in [0.29, 0.717) is 39.3 Å². The molecular formula is C14H27N3O5S. The van der Waals surface area contributed by atoms with Gasteiger partial charge in [-0.15, -0.1) is 0 Å². The second kappa shape index (κ2) is 7.33. The molecule has 0 unspecified atom stereocenters. The molecule has 0 aliphatic carbocycles. The Bertz CT molecular complexity index is 511. The Hall–Kier alpha value is -0.900. The van der Waals surface area contributed by atoms with Gasteiger partial charge in [-0.25, -0.2) is 4.79 Å². The predicted molar refractivity (Wildman–Crippen MR) is 85.3 cm³/mol. The molecule has 0 aromatic heterocycles. The van der Waals surface area contributed by atoms with Crippen LogP contribution in [0.15, 0.2) is 0 Å². The van der Waals surface area contributed by atoms with Crippen molar-refractivity contribution in [1.29, 1.82) is 0 Å². The van der Waals surface area contributed by atoms with Crippen molar-refractivity contribution < 1.29 is 22.7 Å². The quantitative estimate of drug-likeness (QED) is 0.804. The Balaban J connectivity index is 1.93. The third-order valence-electron chi connectivity index (χ3n) is 3.73. The summed E-state index contributed by atoms with van der Waals surface area (Å²) in [5, 5.41) is 2.77. The van der Waals surface area contributed by atoms with Gasteiger partial charge in [-0.05, 0) is 33.6 Å². The second-order valence-electron chi connectivity index (χ2n) is 6.86. The van der Waals surface area contributed by atoms with Crippen LogP contribution in [0.25, 0.3) is 0 Å². The zero-order valence-electron chi connectivity index (χ0n) is 14.1. The van der Waals surface area contributed by atoms with Gasteiger partial charge < -0.3 is 14.8 Å². The molecule has 2 aliphatic heterocycles. The van der Waals surface area contributed by atoms with E-state index in [-0.39, 0.29) is 12.6 Å². The summed E-state index contributed by atoms with van der Waals surface area (Å²) in [4.78, 5) is 11.9. The van der Waals surface area contributed by atoms with Gasteiger partial charge in [0.1, 0.15) is 5.60 Å². The number of hydrogen-bond donors (Lipinski definition) is 1. The van der Waals surface area contributed by atoms with Gasteiger partial charge in [0.15, 0.2) is 0 Å². The molecule has 134 valence electrons. The third-order valence-corrected chi connectivity index (χ3v) is 5.73. The van der Waals surface area contributed by atoms with E-state index in [1.807, 2.05) is 0 Å². The highest BCUT2D eigenvalue weighted by Crippen LogP contribution is 2.18. The summed E-state index contributed by atoms with van der Waals surface area (Å²) in [6.45, 7) is 7.74. The lowest BCUT2D eigenvalue weighted by atomic mass is 10.1. The number of piperidine rings is 1. The molecule has 23 heavy (non-hydrogen) atoms. The second-order valence-corrected chi connectivity index (χ2v) is 8.79. The summed E-state index contributed by atoms with van der Waals surface area (Å²) in [5.74, 6) is 0. The molecule has 0 bridgehead atoms. The molecule has 0 aromatic carbocycles. The van der Waals surface area contributed by atoms with E-state index < -0.39 is 21.9 Å². The van der Waals surface area contributed by atoms with E-state index in [2.05, 4.69) is 5.32 Å². The van der Waals surface area contributed by atoms with Crippen molar-refractivity contribution in [2.75, 3.05) is 39.4 Å². The maximum atomic E-state index is 12.7. The molecule has 0 spiro atoms. The molecule has 1 amide bonds. The van der Waals surface area contributed by atoms with Crippen molar-refractivity contribution in [1.82, 2.24) is 13.9 Å². The number of rotatable bonds is 3. The highest BCUT2D eigenvalue weighted by molar-refractivity contribution is 7.86. The van der Waals surface area contributed by atoms with Gasteiger partial charge in [-0.3, -0.25) is 0 Å². The van der Waals surface area contributed by atoms with E-state index in [9.17, 15) is 13.2 Å². The molecule has 2 aliphatic rings. The van der Waals surface area contributed by atoms with Gasteiger partial charge in [-0.2, -0.15) is 17.0 Å². The first-order valence-corrected chi connectivity index (χ1v) is 9.41. The van der Waals surface area contributed by atoms with E-state index in [1.165, 1.54) is 8.61 Å². The van der Waals surface area contributed by atoms with Gasteiger partial charge in [0.05, 0.1) is 13.2 Å². The average molecular weight is 349 g/mol. The molecule has 2 saturated heterocycles. The van der Waals surface area contributed by atoms with Crippen LogP contribution in [-0.2, 0) is 19.7 Å². The maximum Gasteiger partial charge on any atom is 0.407 e. The van der Waals surface area contributed by atoms with Gasteiger partial charge in [0, 0.05) is 32.2 Å². The molecule has 2 fully saturated rings. The number of alkyl carbamates (subject to hydrolysis) is 1. The summed E-state index contributed by atoms with van der Waals surface area (Å²) < 4.78 is 38.6. The minimum Gasteiger partial charge on any atom is -0.444 e. The number of morpholine rings is 1. The van der Waals surface area contributed by atoms with Crippen molar-refractivity contribution in [2.45, 2.75) is 45.3 Å². The lowest BCUT2D eigenvalue weighted by Crippen LogP contribution is -2.55. The molecule has 1 N–H and O–H groups in total. The normalized spacial score (nSPS) is 25.1. The van der Waals surface area contributed by atoms with E-state index in [0.717, 1.165) is 6.42 Å². The minimum absolute atomic E-state index is 0.227. The molecule has 0 radical (unpaired) electrons. The first-order chi connectivity index (χ1) is 10.7. The maximum absolute atomic E-state index is 12.7. The summed E-state index contributed by atoms with van der Waals surface area (Å²) in [6, 6.07) is -0.227. The Morgan fingerprint density at radius 3 is 2.43 bits per heavy atom. The fraction of sp³-hybridized carbons (Fsp3) is 0.929. The molecule has 8 nitrogen and oxygen atoms in total. The van der Waals surface area contributed by atoms with Crippen LogP contribution in [-0.4, -0.2) is 74.2 Å². The highest BCUT2D eigenvalue weighted by atomic mass is 32.2. The van der Waals surface area contributed by atoms with Crippen molar-refractivity contribution in [3.05, 3.63) is 0 Å². The van der Waals surface area contributed by atoms with E-state index in [1.54, 1.807) is 20.8 Å². The topological polar surface area (TPSA) is 88.2 Å². The standard InChI is InChI=1S/C14H27N3O5S/c1-14(2,3)22-13(18)15-12-5-4-6-17(11-12)23(19,20)16-7-9-21-10-8-16/h12H,4-11H2,1-3H3,(H,15,18)/t12-/m1/s1. The number of nitrogens with one attached hydrogen (secondary N) is 1. The monoisotopic (exact) mass is 349 g/mol. The first kappa shape index (κ1) is 18.4. The zero-order chi connectivity index (χ0) is 17.1. The number of carbonyl (C=O) groups excluding carboxylic acids is 1. The fourth-order valence-corrected chi connectivity index (χ4v) is 4.35. The number of amides is 1. The van der Waals surface area contributed by atoms with Gasteiger partial charge >= 0.3 is 6.09 Å². The van der Waals surface area contributed by atoms with Crippen LogP contribution in [0.5, 0.6) is 0 Å². The lowest BCUT2D eigenvalue weighted by molar-refractivity contribution is 0.0482. The van der Waals surface area contributed by atoms with Crippen molar-refractivity contribution in [2.24, 2.45) is 0 Å². The van der Waals surface area contributed by atoms with Gasteiger partial charge in [0.2, 0.25) is 0 Å². The molecule has 2 rings (SSSR count). The van der Waals surface area contributed by atoms with Crippen LogP contribution >= 0.6 is 0 Å². The summed E-state index contributed by atoms with van der Waals surface area (Å²) in [7, 11) is -3.49. The highest BCUT2D eigenvalue weighted by Gasteiger charge is 2.35. The number of hydrogen-bond acceptors (Lipinski definition) is 5. The molecule has 2 heterocycles. The van der Waals surface area contributed by atoms with Gasteiger partial charge in [-0.1, -0.05) is 0 Å². The number of carbonyl (C=O) groups is 1. The smallest absolute Gasteiger partial charge is 0.407 e. The molecular weight excluding hydrogens is 322 g/mol. The summed E-state index contributed by atoms with van der Waals surface area (Å²) >= 11 is 0. The first-order valence-electron chi connectivity index (χ1n) is 8.01. The van der Waals surface area contributed by atoms with Crippen LogP contribution in [0.4, 0.5) is 4.79 Å². The largest absolute Gasteiger partial charge is 0.444 e. The van der Waals surface area contributed by atoms with Crippen LogP contribution in [0.1, 0.15) is 33.6 Å². The Kier molecular flexibility index (Phi) is 5.88. The fourth-order valence-electron chi connectivity index (χ4n) is 2.68. The SMILES string of the molecule is CC(C)(C)OC(=O)N[C@@H]1CCCN(S(=O)(=O)N2CCOCC2)C1. The average Bonchev–Trinajstić information content (AvgIpc) is 2.46. The lowest BCUT2D eigenvalue weighted by Gasteiger charge is -2.37. The minimum atomic E-state index is -3.49. The number of ether oxygens (including phenoxy) is 2. The number of nitrogens with zero attached hydrogens (tertiary/aromatic N) is 2. The van der Waals surface area contributed by atoms with Crippen LogP contribution < -0.4 is 5.32 Å². The summed E-state index contributed by atoms with van der Waals surface area (Å²) in [6.07, 6.45) is 0.950. The zero-order valence-corrected chi connectivity index (χ0v) is 14.9. The van der Waals surface area contributed by atoms with Crippen LogP contribution in [0, 0.1) is 0 Å². The molecule has 0 saturated carbocycles. The molecule has 1 atom stereocenters. The van der Waals surface area contributed by atoms with E-state index in [4.69, 9.17) is 9.47 Å². The van der Waals surface area contributed by atoms with Crippen LogP contribution in [0.3, 0.4) is 0 Å². The van der Waals surface area contributed by atoms with Crippen molar-refractivity contribution in [3.63, 3.8) is 0 Å². The predicted octanol–water partition coefficient (Wildman–Crippen LogP) is 0.553. The van der Waals surface area contributed by atoms with Crippen molar-refractivity contribution >= 4 is 16.3 Å². The molecule has 0 aromatic rings. The summed E-state index contributed by atoms with van der Waals surface area (Å²) in [5.41, 5.74) is -0.571. The van der Waals surface area contributed by atoms with Crippen LogP contribution in [0.2, 0.25) is 0 Å². The third kappa shape index (κ3) is 5.30. The van der Waals surface area contributed by atoms with E-state index >= 15 is 0 Å². The Morgan fingerprint density at radius 2 is 1.83 bits per heavy atom. The van der Waals surface area contributed by atoms with Gasteiger partial charge in [0.25, 0.3) is 10.2 Å². The Morgan fingerprint density at radius 1 is 1.17 bits per heavy atom. The van der Waals surface area contributed by atoms with Crippen molar-refractivity contribution in [3.8, 4) is 0 Å². The Labute approximate surface area is 138 Å².